The summed E-state index contributed by atoms with van der Waals surface area (Å²) in [4.78, 5) is 11.9. The second kappa shape index (κ2) is 3.88. The van der Waals surface area contributed by atoms with Crippen LogP contribution in [-0.2, 0) is 6.42 Å². The van der Waals surface area contributed by atoms with Gasteiger partial charge in [0.05, 0.1) is 5.39 Å². The maximum Gasteiger partial charge on any atom is 0.343 e. The maximum atomic E-state index is 11.9. The standard InChI is InChI=1S/C15H14O2/c1-2-5-12-11-6-3-4-7-13(11)15(16)17-14(12)10-8-9-10/h2-4,6-7,10H,1,5,8-9H2. The monoisotopic (exact) mass is 226 g/mol. The maximum absolute atomic E-state index is 11.9. The minimum Gasteiger partial charge on any atom is -0.427 e. The van der Waals surface area contributed by atoms with Crippen LogP contribution in [0.15, 0.2) is 46.1 Å². The topological polar surface area (TPSA) is 30.2 Å². The summed E-state index contributed by atoms with van der Waals surface area (Å²) in [7, 11) is 0. The summed E-state index contributed by atoms with van der Waals surface area (Å²) < 4.78 is 5.49. The molecule has 86 valence electrons. The van der Waals surface area contributed by atoms with Crippen LogP contribution < -0.4 is 5.63 Å². The van der Waals surface area contributed by atoms with E-state index in [9.17, 15) is 4.79 Å². The third-order valence-corrected chi connectivity index (χ3v) is 3.27. The van der Waals surface area contributed by atoms with Gasteiger partial charge in [0.1, 0.15) is 5.76 Å². The third-order valence-electron chi connectivity index (χ3n) is 3.27. The average Bonchev–Trinajstić information content (AvgIpc) is 3.17. The molecule has 0 spiro atoms. The number of allylic oxidation sites excluding steroid dienone is 1. The summed E-state index contributed by atoms with van der Waals surface area (Å²) in [6, 6.07) is 7.65. The van der Waals surface area contributed by atoms with Crippen LogP contribution in [0.5, 0.6) is 0 Å². The molecule has 17 heavy (non-hydrogen) atoms. The minimum absolute atomic E-state index is 0.213. The molecule has 0 atom stereocenters. The Hall–Kier alpha value is -1.83. The van der Waals surface area contributed by atoms with E-state index in [0.29, 0.717) is 11.3 Å². The molecule has 3 rings (SSSR count). The number of benzene rings is 1. The predicted molar refractivity (Wildman–Crippen MR) is 68.4 cm³/mol. The molecule has 1 heterocycles. The molecule has 1 fully saturated rings. The van der Waals surface area contributed by atoms with E-state index < -0.39 is 0 Å². The average molecular weight is 226 g/mol. The third kappa shape index (κ3) is 1.70. The fourth-order valence-corrected chi connectivity index (χ4v) is 2.30. The van der Waals surface area contributed by atoms with Crippen LogP contribution in [0.3, 0.4) is 0 Å². The van der Waals surface area contributed by atoms with Crippen molar-refractivity contribution in [2.24, 2.45) is 0 Å². The van der Waals surface area contributed by atoms with Gasteiger partial charge in [-0.15, -0.1) is 6.58 Å². The highest BCUT2D eigenvalue weighted by molar-refractivity contribution is 5.85. The highest BCUT2D eigenvalue weighted by atomic mass is 16.4. The van der Waals surface area contributed by atoms with E-state index in [4.69, 9.17) is 4.42 Å². The minimum atomic E-state index is -0.213. The van der Waals surface area contributed by atoms with Crippen molar-refractivity contribution < 1.29 is 4.42 Å². The molecular weight excluding hydrogens is 212 g/mol. The Morgan fingerprint density at radius 1 is 1.29 bits per heavy atom. The Labute approximate surface area is 99.6 Å². The fraction of sp³-hybridized carbons (Fsp3) is 0.267. The van der Waals surface area contributed by atoms with Crippen molar-refractivity contribution in [1.29, 1.82) is 0 Å². The van der Waals surface area contributed by atoms with E-state index in [1.165, 1.54) is 0 Å². The second-order valence-electron chi connectivity index (χ2n) is 4.54. The lowest BCUT2D eigenvalue weighted by molar-refractivity contribution is 0.463. The van der Waals surface area contributed by atoms with Crippen LogP contribution in [0, 0.1) is 0 Å². The first-order valence-corrected chi connectivity index (χ1v) is 5.96. The van der Waals surface area contributed by atoms with Gasteiger partial charge < -0.3 is 4.42 Å². The lowest BCUT2D eigenvalue weighted by atomic mass is 10.0. The normalized spacial score (nSPS) is 15.1. The van der Waals surface area contributed by atoms with Gasteiger partial charge in [0.25, 0.3) is 0 Å². The van der Waals surface area contributed by atoms with E-state index in [1.807, 2.05) is 30.3 Å². The Kier molecular flexibility index (Phi) is 2.36. The molecule has 1 aromatic carbocycles. The SMILES string of the molecule is C=CCc1c(C2CC2)oc(=O)c2ccccc12. The summed E-state index contributed by atoms with van der Waals surface area (Å²) in [6.45, 7) is 3.79. The van der Waals surface area contributed by atoms with Crippen LogP contribution >= 0.6 is 0 Å². The molecule has 0 saturated heterocycles. The molecule has 0 unspecified atom stereocenters. The van der Waals surface area contributed by atoms with Crippen LogP contribution in [0.4, 0.5) is 0 Å². The fourth-order valence-electron chi connectivity index (χ4n) is 2.30. The molecule has 2 nitrogen and oxygen atoms in total. The number of fused-ring (bicyclic) bond motifs is 1. The van der Waals surface area contributed by atoms with E-state index >= 15 is 0 Å². The molecular formula is C15H14O2. The van der Waals surface area contributed by atoms with Gasteiger partial charge in [0.15, 0.2) is 0 Å². The highest BCUT2D eigenvalue weighted by Crippen LogP contribution is 2.42. The van der Waals surface area contributed by atoms with Gasteiger partial charge in [0.2, 0.25) is 0 Å². The van der Waals surface area contributed by atoms with Gasteiger partial charge in [-0.2, -0.15) is 0 Å². The smallest absolute Gasteiger partial charge is 0.343 e. The van der Waals surface area contributed by atoms with E-state index in [2.05, 4.69) is 6.58 Å². The first-order chi connectivity index (χ1) is 8.31. The largest absolute Gasteiger partial charge is 0.427 e. The molecule has 1 aliphatic carbocycles. The molecule has 0 bridgehead atoms. The molecule has 2 heteroatoms. The van der Waals surface area contributed by atoms with E-state index in [1.54, 1.807) is 0 Å². The zero-order valence-electron chi connectivity index (χ0n) is 9.61. The van der Waals surface area contributed by atoms with E-state index in [0.717, 1.165) is 36.0 Å². The quantitative estimate of drug-likeness (QED) is 0.751. The lowest BCUT2D eigenvalue weighted by Crippen LogP contribution is -2.06. The second-order valence-corrected chi connectivity index (χ2v) is 4.54. The summed E-state index contributed by atoms with van der Waals surface area (Å²) in [5.41, 5.74) is 0.924. The van der Waals surface area contributed by atoms with Gasteiger partial charge in [-0.05, 0) is 30.7 Å². The van der Waals surface area contributed by atoms with Crippen LogP contribution in [-0.4, -0.2) is 0 Å². The van der Waals surface area contributed by atoms with Crippen LogP contribution in [0.1, 0.15) is 30.1 Å². The number of hydrogen-bond donors (Lipinski definition) is 0. The van der Waals surface area contributed by atoms with Crippen molar-refractivity contribution >= 4 is 10.8 Å². The Morgan fingerprint density at radius 2 is 2.00 bits per heavy atom. The van der Waals surface area contributed by atoms with Gasteiger partial charge in [-0.25, -0.2) is 4.79 Å². The lowest BCUT2D eigenvalue weighted by Gasteiger charge is -2.08. The molecule has 0 aliphatic heterocycles. The molecule has 0 radical (unpaired) electrons. The molecule has 1 aliphatic rings. The van der Waals surface area contributed by atoms with Crippen molar-refractivity contribution in [2.75, 3.05) is 0 Å². The van der Waals surface area contributed by atoms with Gasteiger partial charge >= 0.3 is 5.63 Å². The molecule has 0 N–H and O–H groups in total. The number of hydrogen-bond acceptors (Lipinski definition) is 2. The Balaban J connectivity index is 2.36. The van der Waals surface area contributed by atoms with Crippen molar-refractivity contribution in [3.63, 3.8) is 0 Å². The predicted octanol–water partition coefficient (Wildman–Crippen LogP) is 3.40. The van der Waals surface area contributed by atoms with Crippen LogP contribution in [0.2, 0.25) is 0 Å². The van der Waals surface area contributed by atoms with Crippen molar-refractivity contribution in [3.05, 3.63) is 58.7 Å². The highest BCUT2D eigenvalue weighted by Gasteiger charge is 2.30. The molecule has 0 amide bonds. The van der Waals surface area contributed by atoms with E-state index in [-0.39, 0.29) is 5.63 Å². The molecule has 1 aromatic heterocycles. The first-order valence-electron chi connectivity index (χ1n) is 5.96. The zero-order chi connectivity index (χ0) is 11.8. The summed E-state index contributed by atoms with van der Waals surface area (Å²) in [5, 5.41) is 1.69. The van der Waals surface area contributed by atoms with Gasteiger partial charge in [0, 0.05) is 11.5 Å². The first kappa shape index (κ1) is 10.3. The van der Waals surface area contributed by atoms with Crippen molar-refractivity contribution in [2.45, 2.75) is 25.2 Å². The Morgan fingerprint density at radius 3 is 2.65 bits per heavy atom. The summed E-state index contributed by atoms with van der Waals surface area (Å²) in [6.07, 6.45) is 4.89. The summed E-state index contributed by atoms with van der Waals surface area (Å²) >= 11 is 0. The van der Waals surface area contributed by atoms with Gasteiger partial charge in [-0.3, -0.25) is 0 Å². The van der Waals surface area contributed by atoms with Gasteiger partial charge in [-0.1, -0.05) is 24.3 Å². The van der Waals surface area contributed by atoms with Crippen molar-refractivity contribution in [3.8, 4) is 0 Å². The molecule has 2 aromatic rings. The summed E-state index contributed by atoms with van der Waals surface area (Å²) in [5.74, 6) is 1.33. The van der Waals surface area contributed by atoms with Crippen molar-refractivity contribution in [1.82, 2.24) is 0 Å². The molecule has 1 saturated carbocycles. The number of rotatable bonds is 3. The van der Waals surface area contributed by atoms with Crippen LogP contribution in [0.25, 0.3) is 10.8 Å². The zero-order valence-corrected chi connectivity index (χ0v) is 9.61. The Bertz CT molecular complexity index is 633.